The van der Waals surface area contributed by atoms with E-state index in [1.54, 1.807) is 30.3 Å². The molecular weight excluding hydrogens is 315 g/mol. The minimum Gasteiger partial charge on any atom is -0.324 e. The van der Waals surface area contributed by atoms with Gasteiger partial charge in [-0.05, 0) is 12.1 Å². The number of benzene rings is 1. The number of halogens is 3. The zero-order valence-electron chi connectivity index (χ0n) is 11.5. The van der Waals surface area contributed by atoms with Gasteiger partial charge in [-0.2, -0.15) is 18.2 Å². The highest BCUT2D eigenvalue weighted by molar-refractivity contribution is 6.00. The molecule has 10 heteroatoms. The molecule has 2 heterocycles. The summed E-state index contributed by atoms with van der Waals surface area (Å²) in [5.41, 5.74) is 0.459. The lowest BCUT2D eigenvalue weighted by Gasteiger charge is -2.22. The van der Waals surface area contributed by atoms with E-state index in [9.17, 15) is 22.8 Å². The van der Waals surface area contributed by atoms with Crippen molar-refractivity contribution in [2.24, 2.45) is 0 Å². The van der Waals surface area contributed by atoms with Gasteiger partial charge in [0.15, 0.2) is 0 Å². The van der Waals surface area contributed by atoms with Crippen LogP contribution in [0.4, 0.5) is 24.8 Å². The van der Waals surface area contributed by atoms with Crippen molar-refractivity contribution < 1.29 is 22.8 Å². The third kappa shape index (κ3) is 3.00. The summed E-state index contributed by atoms with van der Waals surface area (Å²) in [5.74, 6) is -3.06. The molecular formula is C13H10F3N5O2. The maximum Gasteiger partial charge on any atom is 0.453 e. The molecule has 1 aliphatic rings. The van der Waals surface area contributed by atoms with Crippen molar-refractivity contribution in [3.63, 3.8) is 0 Å². The molecule has 2 amide bonds. The van der Waals surface area contributed by atoms with Crippen molar-refractivity contribution >= 4 is 23.5 Å². The molecule has 2 aromatic rings. The number of hydrogen-bond acceptors (Lipinski definition) is 4. The number of hydrogen-bond donors (Lipinski definition) is 2. The molecule has 0 spiro atoms. The molecule has 1 unspecified atom stereocenters. The molecule has 0 aliphatic carbocycles. The van der Waals surface area contributed by atoms with Crippen LogP contribution in [0.25, 0.3) is 0 Å². The molecule has 0 bridgehead atoms. The normalized spacial score (nSPS) is 17.3. The Kier molecular flexibility index (Phi) is 3.51. The van der Waals surface area contributed by atoms with Gasteiger partial charge in [-0.25, -0.2) is 4.68 Å². The average Bonchev–Trinajstić information content (AvgIpc) is 2.91. The van der Waals surface area contributed by atoms with E-state index in [1.165, 1.54) is 0 Å². The highest BCUT2D eigenvalue weighted by atomic mass is 19.4. The monoisotopic (exact) mass is 325 g/mol. The maximum absolute atomic E-state index is 12.7. The summed E-state index contributed by atoms with van der Waals surface area (Å²) < 4.78 is 38.9. The number of alkyl halides is 3. The van der Waals surface area contributed by atoms with E-state index in [0.29, 0.717) is 5.69 Å². The first kappa shape index (κ1) is 15.0. The number of para-hydroxylation sites is 1. The Labute approximate surface area is 127 Å². The molecule has 1 aromatic carbocycles. The Bertz CT molecular complexity index is 757. The molecule has 7 nitrogen and oxygen atoms in total. The summed E-state index contributed by atoms with van der Waals surface area (Å²) in [7, 11) is 0. The Hall–Kier alpha value is -2.91. The molecule has 120 valence electrons. The predicted octanol–water partition coefficient (Wildman–Crippen LogP) is 1.82. The summed E-state index contributed by atoms with van der Waals surface area (Å²) >= 11 is 0. The smallest absolute Gasteiger partial charge is 0.324 e. The SMILES string of the molecule is O=C1CC(C(=O)Nc2ccccc2)n2nc(C(F)(F)F)nc2N1. The van der Waals surface area contributed by atoms with Crippen LogP contribution in [-0.2, 0) is 15.8 Å². The zero-order chi connectivity index (χ0) is 16.6. The number of aromatic nitrogens is 3. The summed E-state index contributed by atoms with van der Waals surface area (Å²) in [6.07, 6.45) is -5.10. The van der Waals surface area contributed by atoms with E-state index < -0.39 is 35.8 Å². The van der Waals surface area contributed by atoms with Crippen LogP contribution in [0.15, 0.2) is 30.3 Å². The molecule has 3 rings (SSSR count). The molecule has 2 N–H and O–H groups in total. The average molecular weight is 325 g/mol. The first-order valence-corrected chi connectivity index (χ1v) is 6.54. The van der Waals surface area contributed by atoms with Crippen LogP contribution >= 0.6 is 0 Å². The fourth-order valence-electron chi connectivity index (χ4n) is 2.13. The van der Waals surface area contributed by atoms with Gasteiger partial charge < -0.3 is 5.32 Å². The minimum absolute atomic E-state index is 0.327. The molecule has 0 radical (unpaired) electrons. The van der Waals surface area contributed by atoms with E-state index in [0.717, 1.165) is 4.68 Å². The highest BCUT2D eigenvalue weighted by Gasteiger charge is 2.41. The van der Waals surface area contributed by atoms with Crippen LogP contribution in [0.1, 0.15) is 18.3 Å². The van der Waals surface area contributed by atoms with Gasteiger partial charge in [0, 0.05) is 5.69 Å². The second-order valence-electron chi connectivity index (χ2n) is 4.82. The van der Waals surface area contributed by atoms with Crippen LogP contribution < -0.4 is 10.6 Å². The summed E-state index contributed by atoms with van der Waals surface area (Å²) in [5, 5.41) is 8.01. The highest BCUT2D eigenvalue weighted by Crippen LogP contribution is 2.31. The van der Waals surface area contributed by atoms with Crippen LogP contribution in [0.3, 0.4) is 0 Å². The third-order valence-electron chi connectivity index (χ3n) is 3.15. The predicted molar refractivity (Wildman–Crippen MR) is 72.4 cm³/mol. The minimum atomic E-state index is -4.77. The zero-order valence-corrected chi connectivity index (χ0v) is 11.5. The van der Waals surface area contributed by atoms with E-state index in [2.05, 4.69) is 20.7 Å². The van der Waals surface area contributed by atoms with Gasteiger partial charge in [-0.1, -0.05) is 18.2 Å². The largest absolute Gasteiger partial charge is 0.453 e. The Morgan fingerprint density at radius 2 is 2.00 bits per heavy atom. The van der Waals surface area contributed by atoms with Crippen LogP contribution in [0, 0.1) is 0 Å². The lowest BCUT2D eigenvalue weighted by Crippen LogP contribution is -2.36. The van der Waals surface area contributed by atoms with E-state index in [-0.39, 0.29) is 6.42 Å². The number of carbonyl (C=O) groups is 2. The molecule has 0 saturated carbocycles. The number of rotatable bonds is 2. The molecule has 0 fully saturated rings. The van der Waals surface area contributed by atoms with Crippen molar-refractivity contribution in [1.82, 2.24) is 14.8 Å². The second kappa shape index (κ2) is 5.38. The van der Waals surface area contributed by atoms with Gasteiger partial charge >= 0.3 is 6.18 Å². The van der Waals surface area contributed by atoms with E-state index in [1.807, 2.05) is 0 Å². The van der Waals surface area contributed by atoms with Crippen molar-refractivity contribution in [3.05, 3.63) is 36.2 Å². The lowest BCUT2D eigenvalue weighted by molar-refractivity contribution is -0.145. The quantitative estimate of drug-likeness (QED) is 0.881. The second-order valence-corrected chi connectivity index (χ2v) is 4.82. The number of anilines is 2. The van der Waals surface area contributed by atoms with Crippen LogP contribution in [0.5, 0.6) is 0 Å². The number of fused-ring (bicyclic) bond motifs is 1. The van der Waals surface area contributed by atoms with Gasteiger partial charge in [-0.3, -0.25) is 14.9 Å². The number of amides is 2. The van der Waals surface area contributed by atoms with Gasteiger partial charge in [0.1, 0.15) is 6.04 Å². The number of nitrogens with one attached hydrogen (secondary N) is 2. The summed E-state index contributed by atoms with van der Waals surface area (Å²) in [6.45, 7) is 0. The van der Waals surface area contributed by atoms with Gasteiger partial charge in [0.2, 0.25) is 17.8 Å². The first-order valence-electron chi connectivity index (χ1n) is 6.54. The van der Waals surface area contributed by atoms with Gasteiger partial charge in [-0.15, -0.1) is 5.10 Å². The lowest BCUT2D eigenvalue weighted by atomic mass is 10.1. The fourth-order valence-corrected chi connectivity index (χ4v) is 2.13. The summed E-state index contributed by atoms with van der Waals surface area (Å²) in [6, 6.07) is 7.14. The van der Waals surface area contributed by atoms with Crippen LogP contribution in [-0.4, -0.2) is 26.6 Å². The maximum atomic E-state index is 12.7. The third-order valence-corrected chi connectivity index (χ3v) is 3.15. The van der Waals surface area contributed by atoms with Crippen molar-refractivity contribution in [3.8, 4) is 0 Å². The number of nitrogens with zero attached hydrogens (tertiary/aromatic N) is 3. The Morgan fingerprint density at radius 1 is 1.30 bits per heavy atom. The van der Waals surface area contributed by atoms with E-state index >= 15 is 0 Å². The topological polar surface area (TPSA) is 88.9 Å². The van der Waals surface area contributed by atoms with Crippen LogP contribution in [0.2, 0.25) is 0 Å². The molecule has 23 heavy (non-hydrogen) atoms. The molecule has 1 aliphatic heterocycles. The Morgan fingerprint density at radius 3 is 2.65 bits per heavy atom. The van der Waals surface area contributed by atoms with Crippen molar-refractivity contribution in [2.45, 2.75) is 18.6 Å². The summed E-state index contributed by atoms with van der Waals surface area (Å²) in [4.78, 5) is 27.1. The van der Waals surface area contributed by atoms with E-state index in [4.69, 9.17) is 0 Å². The van der Waals surface area contributed by atoms with Crippen molar-refractivity contribution in [1.29, 1.82) is 0 Å². The van der Waals surface area contributed by atoms with Gasteiger partial charge in [0.25, 0.3) is 5.82 Å². The fraction of sp³-hybridized carbons (Fsp3) is 0.231. The van der Waals surface area contributed by atoms with Crippen molar-refractivity contribution in [2.75, 3.05) is 10.6 Å². The Balaban J connectivity index is 1.90. The number of carbonyl (C=O) groups excluding carboxylic acids is 2. The van der Waals surface area contributed by atoms with Gasteiger partial charge in [0.05, 0.1) is 6.42 Å². The first-order chi connectivity index (χ1) is 10.8. The molecule has 1 aromatic heterocycles. The standard InChI is InChI=1S/C13H10F3N5O2/c14-13(15,16)11-19-12-18-9(22)6-8(21(12)20-11)10(23)17-7-4-2-1-3-5-7/h1-5,8H,6H2,(H,17,23)(H,18,19,20,22). The molecule has 1 atom stereocenters. The molecule has 0 saturated heterocycles.